The highest BCUT2D eigenvalue weighted by molar-refractivity contribution is 5.84. The summed E-state index contributed by atoms with van der Waals surface area (Å²) in [7, 11) is 0. The van der Waals surface area contributed by atoms with Crippen molar-refractivity contribution in [3.63, 3.8) is 0 Å². The van der Waals surface area contributed by atoms with E-state index in [0.717, 1.165) is 51.9 Å². The van der Waals surface area contributed by atoms with E-state index in [-0.39, 0.29) is 5.41 Å². The van der Waals surface area contributed by atoms with E-state index in [1.165, 1.54) is 5.56 Å². The number of hydrogen-bond donors (Lipinski definition) is 0. The summed E-state index contributed by atoms with van der Waals surface area (Å²) in [5, 5.41) is 8.76. The standard InChI is InChI=1S/C18H23N3O/c19-9-10-20-11-13-21(14-12-20)17(22)18(7-4-8-18)15-16-5-2-1-3-6-16/h1-3,5-6H,4,7-8,10-15H2. The van der Waals surface area contributed by atoms with Crippen molar-refractivity contribution in [1.29, 1.82) is 5.26 Å². The van der Waals surface area contributed by atoms with Crippen LogP contribution in [-0.2, 0) is 11.2 Å². The first-order chi connectivity index (χ1) is 10.7. The molecule has 0 N–H and O–H groups in total. The maximum absolute atomic E-state index is 13.0. The lowest BCUT2D eigenvalue weighted by Gasteiger charge is -2.45. The minimum atomic E-state index is -0.168. The van der Waals surface area contributed by atoms with Crippen LogP contribution in [0.2, 0.25) is 0 Å². The van der Waals surface area contributed by atoms with E-state index >= 15 is 0 Å². The summed E-state index contributed by atoms with van der Waals surface area (Å²) in [6, 6.07) is 12.6. The highest BCUT2D eigenvalue weighted by atomic mass is 16.2. The molecule has 1 aromatic carbocycles. The molecule has 0 atom stereocenters. The van der Waals surface area contributed by atoms with Gasteiger partial charge in [0.1, 0.15) is 0 Å². The molecular weight excluding hydrogens is 274 g/mol. The normalized spacial score (nSPS) is 21.0. The van der Waals surface area contributed by atoms with Gasteiger partial charge in [-0.2, -0.15) is 5.26 Å². The van der Waals surface area contributed by atoms with Crippen molar-refractivity contribution in [2.75, 3.05) is 32.7 Å². The van der Waals surface area contributed by atoms with Gasteiger partial charge in [-0.05, 0) is 24.8 Å². The molecule has 0 unspecified atom stereocenters. The van der Waals surface area contributed by atoms with E-state index in [1.807, 2.05) is 23.1 Å². The number of nitrogens with zero attached hydrogens (tertiary/aromatic N) is 3. The summed E-state index contributed by atoms with van der Waals surface area (Å²) in [6.45, 7) is 3.63. The SMILES string of the molecule is N#CCN1CCN(C(=O)C2(Cc3ccccc3)CCC2)CC1. The van der Waals surface area contributed by atoms with Gasteiger partial charge in [0, 0.05) is 26.2 Å². The Morgan fingerprint density at radius 1 is 1.14 bits per heavy atom. The Bertz CT molecular complexity index is 551. The Balaban J connectivity index is 1.64. The van der Waals surface area contributed by atoms with E-state index in [9.17, 15) is 4.79 Å². The van der Waals surface area contributed by atoms with Crippen LogP contribution in [-0.4, -0.2) is 48.4 Å². The Morgan fingerprint density at radius 2 is 1.82 bits per heavy atom. The van der Waals surface area contributed by atoms with Crippen molar-refractivity contribution < 1.29 is 4.79 Å². The molecule has 0 aromatic heterocycles. The van der Waals surface area contributed by atoms with E-state index in [2.05, 4.69) is 23.1 Å². The Morgan fingerprint density at radius 3 is 2.36 bits per heavy atom. The monoisotopic (exact) mass is 297 g/mol. The zero-order chi connectivity index (χ0) is 15.4. The van der Waals surface area contributed by atoms with E-state index in [0.29, 0.717) is 12.5 Å². The summed E-state index contributed by atoms with van der Waals surface area (Å²) in [6.07, 6.45) is 4.05. The number of carbonyl (C=O) groups is 1. The minimum Gasteiger partial charge on any atom is -0.340 e. The summed E-state index contributed by atoms with van der Waals surface area (Å²) in [5.74, 6) is 0.333. The zero-order valence-corrected chi connectivity index (χ0v) is 13.0. The predicted molar refractivity (Wildman–Crippen MR) is 85.1 cm³/mol. The van der Waals surface area contributed by atoms with Crippen molar-refractivity contribution in [2.45, 2.75) is 25.7 Å². The number of carbonyl (C=O) groups excluding carboxylic acids is 1. The maximum atomic E-state index is 13.0. The van der Waals surface area contributed by atoms with Gasteiger partial charge >= 0.3 is 0 Å². The smallest absolute Gasteiger partial charge is 0.229 e. The van der Waals surface area contributed by atoms with Gasteiger partial charge in [-0.25, -0.2) is 0 Å². The molecule has 1 aliphatic heterocycles. The van der Waals surface area contributed by atoms with Crippen LogP contribution in [0.4, 0.5) is 0 Å². The largest absolute Gasteiger partial charge is 0.340 e. The van der Waals surface area contributed by atoms with Crippen molar-refractivity contribution in [2.24, 2.45) is 5.41 Å². The van der Waals surface area contributed by atoms with Gasteiger partial charge in [-0.1, -0.05) is 36.8 Å². The highest BCUT2D eigenvalue weighted by Crippen LogP contribution is 2.45. The topological polar surface area (TPSA) is 47.3 Å². The third-order valence-electron chi connectivity index (χ3n) is 5.10. The first-order valence-electron chi connectivity index (χ1n) is 8.16. The fourth-order valence-electron chi connectivity index (χ4n) is 3.60. The van der Waals surface area contributed by atoms with Crippen molar-refractivity contribution in [3.05, 3.63) is 35.9 Å². The zero-order valence-electron chi connectivity index (χ0n) is 13.0. The molecule has 1 aliphatic carbocycles. The number of rotatable bonds is 4. The lowest BCUT2D eigenvalue weighted by molar-refractivity contribution is -0.149. The average molecular weight is 297 g/mol. The van der Waals surface area contributed by atoms with Crippen LogP contribution in [0.25, 0.3) is 0 Å². The molecule has 0 radical (unpaired) electrons. The number of benzene rings is 1. The minimum absolute atomic E-state index is 0.168. The Kier molecular flexibility index (Phi) is 4.44. The van der Waals surface area contributed by atoms with Gasteiger partial charge in [0.05, 0.1) is 18.0 Å². The average Bonchev–Trinajstić information content (AvgIpc) is 2.52. The number of piperazine rings is 1. The second kappa shape index (κ2) is 6.50. The molecule has 1 heterocycles. The number of nitriles is 1. The molecule has 2 fully saturated rings. The van der Waals surface area contributed by atoms with Gasteiger partial charge in [0.15, 0.2) is 0 Å². The highest BCUT2D eigenvalue weighted by Gasteiger charge is 2.46. The van der Waals surface area contributed by atoms with Crippen LogP contribution in [0.5, 0.6) is 0 Å². The quantitative estimate of drug-likeness (QED) is 0.799. The molecule has 4 nitrogen and oxygen atoms in total. The number of amides is 1. The third-order valence-corrected chi connectivity index (χ3v) is 5.10. The molecule has 116 valence electrons. The Hall–Kier alpha value is -1.86. The molecule has 1 aromatic rings. The fourth-order valence-corrected chi connectivity index (χ4v) is 3.60. The summed E-state index contributed by atoms with van der Waals surface area (Å²) >= 11 is 0. The lowest BCUT2D eigenvalue weighted by Crippen LogP contribution is -2.55. The molecule has 0 spiro atoms. The summed E-state index contributed by atoms with van der Waals surface area (Å²) in [5.41, 5.74) is 1.09. The van der Waals surface area contributed by atoms with Crippen LogP contribution in [0.15, 0.2) is 30.3 Å². The van der Waals surface area contributed by atoms with Crippen LogP contribution in [0.1, 0.15) is 24.8 Å². The van der Waals surface area contributed by atoms with Crippen molar-refractivity contribution >= 4 is 5.91 Å². The van der Waals surface area contributed by atoms with Crippen LogP contribution < -0.4 is 0 Å². The molecular formula is C18H23N3O. The molecule has 3 rings (SSSR count). The molecule has 1 amide bonds. The second-order valence-corrected chi connectivity index (χ2v) is 6.52. The van der Waals surface area contributed by atoms with Crippen molar-refractivity contribution in [1.82, 2.24) is 9.80 Å². The van der Waals surface area contributed by atoms with Crippen LogP contribution >= 0.6 is 0 Å². The number of hydrogen-bond acceptors (Lipinski definition) is 3. The van der Waals surface area contributed by atoms with Crippen LogP contribution in [0, 0.1) is 16.7 Å². The van der Waals surface area contributed by atoms with Gasteiger partial charge in [0.25, 0.3) is 0 Å². The van der Waals surface area contributed by atoms with Crippen molar-refractivity contribution in [3.8, 4) is 6.07 Å². The van der Waals surface area contributed by atoms with Gasteiger partial charge in [-0.3, -0.25) is 9.69 Å². The van der Waals surface area contributed by atoms with E-state index in [4.69, 9.17) is 5.26 Å². The molecule has 2 aliphatic rings. The summed E-state index contributed by atoms with van der Waals surface area (Å²) in [4.78, 5) is 17.2. The molecule has 0 bridgehead atoms. The fraction of sp³-hybridized carbons (Fsp3) is 0.556. The third kappa shape index (κ3) is 3.00. The first kappa shape index (κ1) is 15.1. The van der Waals surface area contributed by atoms with Gasteiger partial charge in [0.2, 0.25) is 5.91 Å². The van der Waals surface area contributed by atoms with Gasteiger partial charge < -0.3 is 4.90 Å². The van der Waals surface area contributed by atoms with E-state index in [1.54, 1.807) is 0 Å². The first-order valence-corrected chi connectivity index (χ1v) is 8.16. The Labute approximate surface area is 132 Å². The van der Waals surface area contributed by atoms with Crippen LogP contribution in [0.3, 0.4) is 0 Å². The van der Waals surface area contributed by atoms with Gasteiger partial charge in [-0.15, -0.1) is 0 Å². The lowest BCUT2D eigenvalue weighted by atomic mass is 9.64. The molecule has 1 saturated heterocycles. The molecule has 4 heteroatoms. The predicted octanol–water partition coefficient (Wildman–Crippen LogP) is 2.07. The van der Waals surface area contributed by atoms with E-state index < -0.39 is 0 Å². The molecule has 22 heavy (non-hydrogen) atoms. The molecule has 1 saturated carbocycles. The second-order valence-electron chi connectivity index (χ2n) is 6.52. The summed E-state index contributed by atoms with van der Waals surface area (Å²) < 4.78 is 0. The maximum Gasteiger partial charge on any atom is 0.229 e.